The van der Waals surface area contributed by atoms with Gasteiger partial charge in [-0.1, -0.05) is 0 Å². The number of hydrogen-bond donors (Lipinski definition) is 3. The maximum absolute atomic E-state index is 9.75. The van der Waals surface area contributed by atoms with Crippen molar-refractivity contribution in [3.63, 3.8) is 0 Å². The number of carbonyl (C=O) groups excluding carboxylic acids is 2. The highest BCUT2D eigenvalue weighted by atomic mass is 19.5. The fourth-order valence-electron chi connectivity index (χ4n) is 0. The summed E-state index contributed by atoms with van der Waals surface area (Å²) in [5.74, 6) is -0.333. The van der Waals surface area contributed by atoms with Crippen LogP contribution in [-0.4, -0.2) is 51.9 Å². The summed E-state index contributed by atoms with van der Waals surface area (Å²) in [5, 5.41) is 0. The molecule has 0 aliphatic rings. The second-order valence-electron chi connectivity index (χ2n) is 4.19. The second kappa shape index (κ2) is 12.0. The number of rotatable bonds is 0. The summed E-state index contributed by atoms with van der Waals surface area (Å²) in [7, 11) is 2.50. The Labute approximate surface area is 104 Å². The number of quaternary nitrogens is 1. The van der Waals surface area contributed by atoms with Crippen molar-refractivity contribution < 1.29 is 31.3 Å². The van der Waals surface area contributed by atoms with Gasteiger partial charge >= 0.3 is 13.3 Å². The lowest BCUT2D eigenvalue weighted by molar-refractivity contribution is -0.849. The molecular formula is C7H21BF4N4O2. The largest absolute Gasteiger partial charge is 0.673 e. The number of urea groups is 1. The van der Waals surface area contributed by atoms with Crippen LogP contribution in [0.1, 0.15) is 6.92 Å². The van der Waals surface area contributed by atoms with Crippen LogP contribution in [0.4, 0.5) is 22.1 Å². The van der Waals surface area contributed by atoms with Gasteiger partial charge in [0.15, 0.2) is 0 Å². The van der Waals surface area contributed by atoms with E-state index in [1.54, 1.807) is 0 Å². The highest BCUT2D eigenvalue weighted by molar-refractivity contribution is 6.50. The van der Waals surface area contributed by atoms with E-state index < -0.39 is 13.3 Å². The zero-order valence-corrected chi connectivity index (χ0v) is 11.1. The third-order valence-corrected chi connectivity index (χ3v) is 0. The van der Waals surface area contributed by atoms with Gasteiger partial charge < -0.3 is 38.9 Å². The summed E-state index contributed by atoms with van der Waals surface area (Å²) < 4.78 is 40.0. The fourth-order valence-corrected chi connectivity index (χ4v) is 0. The molecule has 18 heavy (non-hydrogen) atoms. The Bertz CT molecular complexity index is 186. The van der Waals surface area contributed by atoms with Crippen molar-refractivity contribution in [1.82, 2.24) is 0 Å². The Kier molecular flexibility index (Phi) is 16.8. The van der Waals surface area contributed by atoms with Crippen LogP contribution in [0.15, 0.2) is 0 Å². The minimum atomic E-state index is -6.00. The van der Waals surface area contributed by atoms with Crippen LogP contribution >= 0.6 is 0 Å². The smallest absolute Gasteiger partial charge is 0.418 e. The van der Waals surface area contributed by atoms with Crippen LogP contribution in [0.25, 0.3) is 0 Å². The van der Waals surface area contributed by atoms with E-state index in [0.717, 1.165) is 4.48 Å². The second-order valence-corrected chi connectivity index (χ2v) is 4.19. The molecule has 0 spiro atoms. The highest BCUT2D eigenvalue weighted by Crippen LogP contribution is 2.06. The summed E-state index contributed by atoms with van der Waals surface area (Å²) in [6.45, 7) is 1.31. The van der Waals surface area contributed by atoms with Crippen LogP contribution in [0, 0.1) is 0 Å². The molecule has 0 aliphatic heterocycles. The molecular weight excluding hydrogens is 259 g/mol. The summed E-state index contributed by atoms with van der Waals surface area (Å²) >= 11 is 0. The number of nitrogens with two attached hydrogens (primary N) is 3. The molecule has 0 heterocycles. The first-order valence-corrected chi connectivity index (χ1v) is 4.44. The Morgan fingerprint density at radius 2 is 0.889 bits per heavy atom. The number of carbonyl (C=O) groups is 2. The van der Waals surface area contributed by atoms with Crippen molar-refractivity contribution in [2.45, 2.75) is 6.92 Å². The molecule has 0 saturated heterocycles. The van der Waals surface area contributed by atoms with E-state index in [2.05, 4.69) is 45.4 Å². The van der Waals surface area contributed by atoms with Crippen molar-refractivity contribution >= 4 is 19.2 Å². The average Bonchev–Trinajstić information content (AvgIpc) is 1.70. The minimum absolute atomic E-state index is 0.333. The molecule has 0 aromatic carbocycles. The van der Waals surface area contributed by atoms with Gasteiger partial charge in [-0.3, -0.25) is 4.79 Å². The van der Waals surface area contributed by atoms with Gasteiger partial charge in [-0.25, -0.2) is 4.79 Å². The number of primary amides is 3. The number of amides is 3. The Morgan fingerprint density at radius 3 is 0.889 bits per heavy atom. The van der Waals surface area contributed by atoms with E-state index in [1.807, 2.05) is 0 Å². The first kappa shape index (κ1) is 25.4. The van der Waals surface area contributed by atoms with E-state index in [0.29, 0.717) is 0 Å². The standard InChI is InChI=1S/C4H12N.C2H5NO.CH4N2O.BF4/c1-5(2,3)4;1-2(3)4;2-1(3)4;2-1(3,4)5/h1-4H3;1H3,(H2,3,4);(H4,2,3,4);/q+1;;;-1. The Hall–Kier alpha value is -1.52. The molecule has 0 bridgehead atoms. The summed E-state index contributed by atoms with van der Waals surface area (Å²) in [5.41, 5.74) is 13.0. The van der Waals surface area contributed by atoms with E-state index in [1.165, 1.54) is 6.92 Å². The zero-order valence-electron chi connectivity index (χ0n) is 11.1. The highest BCUT2D eigenvalue weighted by Gasteiger charge is 2.20. The predicted molar refractivity (Wildman–Crippen MR) is 62.8 cm³/mol. The number of nitrogens with zero attached hydrogens (tertiary/aromatic N) is 1. The van der Waals surface area contributed by atoms with Gasteiger partial charge in [-0.15, -0.1) is 0 Å². The van der Waals surface area contributed by atoms with Crippen molar-refractivity contribution in [2.24, 2.45) is 17.2 Å². The molecule has 6 nitrogen and oxygen atoms in total. The summed E-state index contributed by atoms with van der Waals surface area (Å²) in [6.07, 6.45) is 0. The monoisotopic (exact) mass is 280 g/mol. The molecule has 0 atom stereocenters. The topological polar surface area (TPSA) is 112 Å². The predicted octanol–water partition coefficient (Wildman–Crippen LogP) is 0.138. The van der Waals surface area contributed by atoms with Gasteiger partial charge in [-0.05, 0) is 0 Å². The lowest BCUT2D eigenvalue weighted by Gasteiger charge is -2.14. The third kappa shape index (κ3) is 1150. The van der Waals surface area contributed by atoms with Gasteiger partial charge in [-0.2, -0.15) is 0 Å². The number of hydrogen-bond acceptors (Lipinski definition) is 2. The third-order valence-electron chi connectivity index (χ3n) is 0. The number of halogens is 4. The lowest BCUT2D eigenvalue weighted by Crippen LogP contribution is -2.27. The molecule has 11 heteroatoms. The molecule has 0 fully saturated rings. The van der Waals surface area contributed by atoms with E-state index in [4.69, 9.17) is 4.79 Å². The Balaban J connectivity index is -0.0000000731. The SMILES string of the molecule is CC(N)=O.C[N+](C)(C)C.F[B-](F)(F)F.NC(N)=O. The lowest BCUT2D eigenvalue weighted by atomic mass is 10.3. The fraction of sp³-hybridized carbons (Fsp3) is 0.714. The molecule has 6 N–H and O–H groups in total. The van der Waals surface area contributed by atoms with Gasteiger partial charge in [0.2, 0.25) is 5.91 Å². The van der Waals surface area contributed by atoms with Crippen LogP contribution < -0.4 is 17.2 Å². The molecule has 0 unspecified atom stereocenters. The quantitative estimate of drug-likeness (QED) is 0.333. The molecule has 0 aromatic rings. The first-order chi connectivity index (χ1) is 7.46. The summed E-state index contributed by atoms with van der Waals surface area (Å²) in [4.78, 5) is 18.2. The van der Waals surface area contributed by atoms with Crippen LogP contribution in [-0.2, 0) is 4.79 Å². The molecule has 0 radical (unpaired) electrons. The first-order valence-electron chi connectivity index (χ1n) is 4.44. The van der Waals surface area contributed by atoms with Crippen LogP contribution in [0.2, 0.25) is 0 Å². The maximum Gasteiger partial charge on any atom is 0.673 e. The van der Waals surface area contributed by atoms with Gasteiger partial charge in [0.1, 0.15) is 0 Å². The molecule has 0 saturated carbocycles. The van der Waals surface area contributed by atoms with Crippen molar-refractivity contribution in [3.8, 4) is 0 Å². The molecule has 3 amide bonds. The van der Waals surface area contributed by atoms with Crippen LogP contribution in [0.5, 0.6) is 0 Å². The van der Waals surface area contributed by atoms with E-state index in [9.17, 15) is 22.1 Å². The molecule has 0 aromatic heterocycles. The van der Waals surface area contributed by atoms with Gasteiger partial charge in [0, 0.05) is 6.92 Å². The van der Waals surface area contributed by atoms with E-state index in [-0.39, 0.29) is 5.91 Å². The van der Waals surface area contributed by atoms with Crippen molar-refractivity contribution in [3.05, 3.63) is 0 Å². The van der Waals surface area contributed by atoms with Gasteiger partial charge in [0.05, 0.1) is 28.2 Å². The molecule has 0 rings (SSSR count). The maximum atomic E-state index is 9.75. The zero-order chi connectivity index (χ0) is 16.2. The van der Waals surface area contributed by atoms with Crippen LogP contribution in [0.3, 0.4) is 0 Å². The molecule has 112 valence electrons. The normalized spacial score (nSPS) is 9.39. The Morgan fingerprint density at radius 1 is 0.889 bits per heavy atom. The van der Waals surface area contributed by atoms with Crippen molar-refractivity contribution in [1.29, 1.82) is 0 Å². The average molecular weight is 280 g/mol. The van der Waals surface area contributed by atoms with E-state index >= 15 is 0 Å². The van der Waals surface area contributed by atoms with Gasteiger partial charge in [0.25, 0.3) is 0 Å². The van der Waals surface area contributed by atoms with Crippen molar-refractivity contribution in [2.75, 3.05) is 28.2 Å². The molecule has 0 aliphatic carbocycles. The minimum Gasteiger partial charge on any atom is -0.418 e. The summed E-state index contributed by atoms with van der Waals surface area (Å²) in [6, 6.07) is -0.833.